The molecule has 31 heavy (non-hydrogen) atoms. The number of fused-ring (bicyclic) bond motifs is 1. The standard InChI is InChI=1S/C23H17FN4O3/c1-13-8-20(28-21(24)9-13)18-7-6-14-11-25-15(10-19(14)27-18)12-26-22(29)16-4-2-3-5-17(16)23(30)31/h2-11H,12H2,1H3,(H,26,29)(H,30,31). The Morgan fingerprint density at radius 2 is 1.77 bits per heavy atom. The summed E-state index contributed by atoms with van der Waals surface area (Å²) in [4.78, 5) is 36.5. The number of nitrogens with one attached hydrogen (secondary N) is 1. The number of hydrogen-bond acceptors (Lipinski definition) is 5. The second-order valence-electron chi connectivity index (χ2n) is 6.95. The minimum Gasteiger partial charge on any atom is -0.478 e. The van der Waals surface area contributed by atoms with Gasteiger partial charge in [-0.2, -0.15) is 4.39 Å². The van der Waals surface area contributed by atoms with Crippen molar-refractivity contribution in [3.63, 3.8) is 0 Å². The molecule has 0 aliphatic rings. The highest BCUT2D eigenvalue weighted by atomic mass is 19.1. The van der Waals surface area contributed by atoms with Crippen molar-refractivity contribution in [2.45, 2.75) is 13.5 Å². The van der Waals surface area contributed by atoms with Crippen LogP contribution in [0.1, 0.15) is 32.0 Å². The molecule has 0 fully saturated rings. The Morgan fingerprint density at radius 3 is 2.52 bits per heavy atom. The van der Waals surface area contributed by atoms with E-state index in [1.165, 1.54) is 18.2 Å². The zero-order chi connectivity index (χ0) is 22.0. The van der Waals surface area contributed by atoms with Gasteiger partial charge in [-0.3, -0.25) is 9.78 Å². The molecule has 0 unspecified atom stereocenters. The van der Waals surface area contributed by atoms with Gasteiger partial charge in [0.25, 0.3) is 5.91 Å². The minimum atomic E-state index is -1.17. The molecule has 154 valence electrons. The van der Waals surface area contributed by atoms with Gasteiger partial charge in [0, 0.05) is 11.6 Å². The van der Waals surface area contributed by atoms with Gasteiger partial charge in [0.15, 0.2) is 0 Å². The van der Waals surface area contributed by atoms with Crippen molar-refractivity contribution in [3.05, 3.63) is 89.1 Å². The summed E-state index contributed by atoms with van der Waals surface area (Å²) in [6, 6.07) is 14.4. The summed E-state index contributed by atoms with van der Waals surface area (Å²) >= 11 is 0. The molecule has 0 saturated carbocycles. The second kappa shape index (κ2) is 8.27. The molecule has 2 N–H and O–H groups in total. The number of aryl methyl sites for hydroxylation is 1. The summed E-state index contributed by atoms with van der Waals surface area (Å²) < 4.78 is 13.7. The molecule has 3 aromatic heterocycles. The van der Waals surface area contributed by atoms with Crippen LogP contribution < -0.4 is 5.32 Å². The van der Waals surface area contributed by atoms with Crippen LogP contribution in [0.25, 0.3) is 22.3 Å². The van der Waals surface area contributed by atoms with E-state index in [1.807, 2.05) is 6.07 Å². The molecule has 0 aliphatic heterocycles. The molecule has 0 radical (unpaired) electrons. The van der Waals surface area contributed by atoms with Crippen LogP contribution in [0.2, 0.25) is 0 Å². The Bertz CT molecular complexity index is 1300. The topological polar surface area (TPSA) is 105 Å². The lowest BCUT2D eigenvalue weighted by Gasteiger charge is -2.08. The van der Waals surface area contributed by atoms with Crippen LogP contribution in [0.4, 0.5) is 4.39 Å². The molecule has 1 amide bonds. The zero-order valence-corrected chi connectivity index (χ0v) is 16.5. The number of halogens is 1. The molecule has 0 atom stereocenters. The first-order valence-corrected chi connectivity index (χ1v) is 9.41. The third-order valence-corrected chi connectivity index (χ3v) is 4.66. The number of carbonyl (C=O) groups excluding carboxylic acids is 1. The van der Waals surface area contributed by atoms with Crippen molar-refractivity contribution in [2.24, 2.45) is 0 Å². The number of benzene rings is 1. The largest absolute Gasteiger partial charge is 0.478 e. The van der Waals surface area contributed by atoms with Crippen molar-refractivity contribution in [1.29, 1.82) is 0 Å². The number of carboxylic acids is 1. The first-order valence-electron chi connectivity index (χ1n) is 9.41. The summed E-state index contributed by atoms with van der Waals surface area (Å²) in [5.41, 5.74) is 2.85. The lowest BCUT2D eigenvalue weighted by atomic mass is 10.1. The highest BCUT2D eigenvalue weighted by Crippen LogP contribution is 2.21. The van der Waals surface area contributed by atoms with Crippen molar-refractivity contribution in [3.8, 4) is 11.4 Å². The molecular formula is C23H17FN4O3. The van der Waals surface area contributed by atoms with Crippen molar-refractivity contribution < 1.29 is 19.1 Å². The Hall–Kier alpha value is -4.20. The number of pyridine rings is 3. The predicted octanol–water partition coefficient (Wildman–Crippen LogP) is 3.77. The van der Waals surface area contributed by atoms with E-state index in [0.717, 1.165) is 10.9 Å². The molecule has 4 rings (SSSR count). The number of aromatic nitrogens is 3. The zero-order valence-electron chi connectivity index (χ0n) is 16.5. The Morgan fingerprint density at radius 1 is 1.00 bits per heavy atom. The van der Waals surface area contributed by atoms with Crippen LogP contribution in [0, 0.1) is 12.9 Å². The van der Waals surface area contributed by atoms with E-state index >= 15 is 0 Å². The van der Waals surface area contributed by atoms with Gasteiger partial charge < -0.3 is 10.4 Å². The molecule has 1 aromatic carbocycles. The third kappa shape index (κ3) is 4.37. The predicted molar refractivity (Wildman–Crippen MR) is 112 cm³/mol. The molecule has 3 heterocycles. The van der Waals surface area contributed by atoms with Gasteiger partial charge in [0.1, 0.15) is 0 Å². The van der Waals surface area contributed by atoms with E-state index in [0.29, 0.717) is 22.6 Å². The Labute approximate surface area is 176 Å². The quantitative estimate of drug-likeness (QED) is 0.480. The number of carbonyl (C=O) groups is 2. The summed E-state index contributed by atoms with van der Waals surface area (Å²) in [5.74, 6) is -2.26. The van der Waals surface area contributed by atoms with Gasteiger partial charge in [-0.1, -0.05) is 12.1 Å². The van der Waals surface area contributed by atoms with Gasteiger partial charge in [0.2, 0.25) is 5.95 Å². The summed E-state index contributed by atoms with van der Waals surface area (Å²) in [5, 5.41) is 12.7. The van der Waals surface area contributed by atoms with Gasteiger partial charge in [-0.25, -0.2) is 14.8 Å². The van der Waals surface area contributed by atoms with Crippen LogP contribution >= 0.6 is 0 Å². The molecular weight excluding hydrogens is 399 g/mol. The van der Waals surface area contributed by atoms with E-state index in [9.17, 15) is 19.1 Å². The maximum absolute atomic E-state index is 13.7. The fourth-order valence-electron chi connectivity index (χ4n) is 3.19. The van der Waals surface area contributed by atoms with E-state index in [-0.39, 0.29) is 17.7 Å². The molecule has 7 nitrogen and oxygen atoms in total. The normalized spacial score (nSPS) is 10.8. The van der Waals surface area contributed by atoms with Crippen LogP contribution in [-0.4, -0.2) is 31.9 Å². The van der Waals surface area contributed by atoms with Gasteiger partial charge in [-0.15, -0.1) is 0 Å². The highest BCUT2D eigenvalue weighted by Gasteiger charge is 2.15. The molecule has 8 heteroatoms. The van der Waals surface area contributed by atoms with Crippen LogP contribution in [0.5, 0.6) is 0 Å². The fourth-order valence-corrected chi connectivity index (χ4v) is 3.19. The number of nitrogens with zero attached hydrogens (tertiary/aromatic N) is 3. The number of amides is 1. The molecule has 0 bridgehead atoms. The average molecular weight is 416 g/mol. The molecule has 0 saturated heterocycles. The van der Waals surface area contributed by atoms with Gasteiger partial charge >= 0.3 is 5.97 Å². The van der Waals surface area contributed by atoms with E-state index < -0.39 is 17.8 Å². The van der Waals surface area contributed by atoms with Crippen molar-refractivity contribution >= 4 is 22.8 Å². The van der Waals surface area contributed by atoms with Crippen LogP contribution in [0.15, 0.2) is 60.8 Å². The Balaban J connectivity index is 1.58. The SMILES string of the molecule is Cc1cc(F)nc(-c2ccc3cnc(CNC(=O)c4ccccc4C(=O)O)cc3n2)c1. The van der Waals surface area contributed by atoms with Crippen LogP contribution in [-0.2, 0) is 6.54 Å². The summed E-state index contributed by atoms with van der Waals surface area (Å²) in [7, 11) is 0. The number of hydrogen-bond donors (Lipinski definition) is 2. The first-order chi connectivity index (χ1) is 14.9. The summed E-state index contributed by atoms with van der Waals surface area (Å²) in [6.07, 6.45) is 1.63. The number of carboxylic acid groups (broad SMARTS) is 1. The lowest BCUT2D eigenvalue weighted by Crippen LogP contribution is -2.25. The minimum absolute atomic E-state index is 0.0729. The highest BCUT2D eigenvalue weighted by molar-refractivity contribution is 6.04. The van der Waals surface area contributed by atoms with E-state index in [2.05, 4.69) is 20.3 Å². The third-order valence-electron chi connectivity index (χ3n) is 4.66. The maximum atomic E-state index is 13.7. The van der Waals surface area contributed by atoms with E-state index in [4.69, 9.17) is 0 Å². The molecule has 0 aliphatic carbocycles. The molecule has 0 spiro atoms. The van der Waals surface area contributed by atoms with Crippen LogP contribution in [0.3, 0.4) is 0 Å². The van der Waals surface area contributed by atoms with Gasteiger partial charge in [0.05, 0.1) is 40.3 Å². The second-order valence-corrected chi connectivity index (χ2v) is 6.95. The average Bonchev–Trinajstić information content (AvgIpc) is 2.76. The number of aromatic carboxylic acids is 1. The molecule has 4 aromatic rings. The Kier molecular flexibility index (Phi) is 5.36. The van der Waals surface area contributed by atoms with Crippen molar-refractivity contribution in [2.75, 3.05) is 0 Å². The smallest absolute Gasteiger partial charge is 0.336 e. The maximum Gasteiger partial charge on any atom is 0.336 e. The monoisotopic (exact) mass is 416 g/mol. The fraction of sp³-hybridized carbons (Fsp3) is 0.0870. The lowest BCUT2D eigenvalue weighted by molar-refractivity contribution is 0.0691. The van der Waals surface area contributed by atoms with Gasteiger partial charge in [-0.05, 0) is 55.0 Å². The van der Waals surface area contributed by atoms with Crippen molar-refractivity contribution in [1.82, 2.24) is 20.3 Å². The summed E-state index contributed by atoms with van der Waals surface area (Å²) in [6.45, 7) is 1.87. The van der Waals surface area contributed by atoms with E-state index in [1.54, 1.807) is 43.5 Å². The number of rotatable bonds is 5. The first kappa shape index (κ1) is 20.1.